The van der Waals surface area contributed by atoms with Crippen molar-refractivity contribution in [2.45, 2.75) is 6.61 Å². The van der Waals surface area contributed by atoms with E-state index in [0.717, 1.165) is 0 Å². The Balaban J connectivity index is 2.25. The van der Waals surface area contributed by atoms with Gasteiger partial charge in [-0.2, -0.15) is 0 Å². The molecular formula is C12H12FN3O4. The lowest BCUT2D eigenvalue weighted by atomic mass is 10.1. The summed E-state index contributed by atoms with van der Waals surface area (Å²) in [7, 11) is 0. The maximum Gasteiger partial charge on any atom is 0.249 e. The molecule has 0 aliphatic heterocycles. The Morgan fingerprint density at radius 3 is 2.80 bits per heavy atom. The molecule has 0 fully saturated rings. The number of ether oxygens (including phenoxy) is 2. The van der Waals surface area contributed by atoms with E-state index in [2.05, 4.69) is 5.10 Å². The van der Waals surface area contributed by atoms with Crippen molar-refractivity contribution in [3.8, 4) is 11.6 Å². The predicted molar refractivity (Wildman–Crippen MR) is 65.3 cm³/mol. The number of nitrogens with two attached hydrogens (primary N) is 1. The molecule has 0 atom stereocenters. The average Bonchev–Trinajstić information content (AvgIpc) is 2.83. The van der Waals surface area contributed by atoms with Crippen molar-refractivity contribution < 1.29 is 23.9 Å². The van der Waals surface area contributed by atoms with E-state index in [4.69, 9.17) is 20.4 Å². The fourth-order valence-corrected chi connectivity index (χ4v) is 1.66. The number of nitrogens with zero attached hydrogens (tertiary/aromatic N) is 2. The number of rotatable bonds is 6. The summed E-state index contributed by atoms with van der Waals surface area (Å²) in [6.45, 7) is -1.15. The van der Waals surface area contributed by atoms with Gasteiger partial charge in [-0.1, -0.05) is 11.2 Å². The second-order valence-corrected chi connectivity index (χ2v) is 3.76. The van der Waals surface area contributed by atoms with Crippen LogP contribution in [0.4, 0.5) is 4.39 Å². The van der Waals surface area contributed by atoms with Crippen LogP contribution in [0.15, 0.2) is 30.5 Å². The minimum absolute atomic E-state index is 0.106. The van der Waals surface area contributed by atoms with E-state index >= 15 is 0 Å². The fourth-order valence-electron chi connectivity index (χ4n) is 1.66. The summed E-state index contributed by atoms with van der Waals surface area (Å²) in [5.74, 6) is -0.384. The first-order valence-corrected chi connectivity index (χ1v) is 5.60. The molecule has 106 valence electrons. The standard InChI is InChI=1S/C12H12FN3O4/c13-7-20-10-3-1-2-8(12(14)17)9(10)6-19-11-4-5-16(18)15-11/h1-5,18H,6-7H2,(H2,14,17). The number of hydrogen-bond acceptors (Lipinski definition) is 5. The third kappa shape index (κ3) is 2.97. The Kier molecular flexibility index (Phi) is 4.04. The molecule has 2 rings (SSSR count). The molecule has 0 saturated carbocycles. The van der Waals surface area contributed by atoms with Gasteiger partial charge in [-0.05, 0) is 12.1 Å². The highest BCUT2D eigenvalue weighted by atomic mass is 19.1. The van der Waals surface area contributed by atoms with E-state index in [1.54, 1.807) is 0 Å². The van der Waals surface area contributed by atoms with Crippen LogP contribution in [0.3, 0.4) is 0 Å². The van der Waals surface area contributed by atoms with Gasteiger partial charge in [-0.3, -0.25) is 4.79 Å². The van der Waals surface area contributed by atoms with E-state index in [-0.39, 0.29) is 23.8 Å². The first-order chi connectivity index (χ1) is 9.61. The van der Waals surface area contributed by atoms with E-state index in [1.165, 1.54) is 30.5 Å². The maximum absolute atomic E-state index is 12.3. The fraction of sp³-hybridized carbons (Fsp3) is 0.167. The lowest BCUT2D eigenvalue weighted by Gasteiger charge is -2.12. The zero-order valence-corrected chi connectivity index (χ0v) is 10.3. The van der Waals surface area contributed by atoms with Crippen LogP contribution in [-0.4, -0.2) is 27.9 Å². The molecule has 0 aliphatic carbocycles. The molecule has 0 unspecified atom stereocenters. The number of halogens is 1. The first kappa shape index (κ1) is 13.7. The minimum atomic E-state index is -1.04. The highest BCUT2D eigenvalue weighted by molar-refractivity contribution is 5.95. The smallest absolute Gasteiger partial charge is 0.249 e. The van der Waals surface area contributed by atoms with Crippen LogP contribution >= 0.6 is 0 Å². The van der Waals surface area contributed by atoms with Crippen LogP contribution < -0.4 is 15.2 Å². The zero-order chi connectivity index (χ0) is 14.5. The van der Waals surface area contributed by atoms with E-state index < -0.39 is 12.8 Å². The summed E-state index contributed by atoms with van der Waals surface area (Å²) < 4.78 is 22.4. The second kappa shape index (κ2) is 5.91. The van der Waals surface area contributed by atoms with Crippen molar-refractivity contribution in [1.29, 1.82) is 0 Å². The molecule has 0 spiro atoms. The SMILES string of the molecule is NC(=O)c1cccc(OCF)c1COc1ccn(O)n1. The lowest BCUT2D eigenvalue weighted by Crippen LogP contribution is -2.16. The predicted octanol–water partition coefficient (Wildman–Crippen LogP) is 1.10. The highest BCUT2D eigenvalue weighted by Crippen LogP contribution is 2.24. The van der Waals surface area contributed by atoms with E-state index in [1.807, 2.05) is 0 Å². The summed E-state index contributed by atoms with van der Waals surface area (Å²) in [5.41, 5.74) is 5.73. The van der Waals surface area contributed by atoms with Gasteiger partial charge in [0, 0.05) is 17.2 Å². The Morgan fingerprint density at radius 2 is 2.20 bits per heavy atom. The molecule has 3 N–H and O–H groups in total. The number of benzene rings is 1. The van der Waals surface area contributed by atoms with E-state index in [0.29, 0.717) is 10.4 Å². The van der Waals surface area contributed by atoms with Gasteiger partial charge in [0.05, 0.1) is 6.20 Å². The Bertz CT molecular complexity index is 614. The number of carbonyl (C=O) groups is 1. The summed E-state index contributed by atoms with van der Waals surface area (Å²) in [6, 6.07) is 5.92. The van der Waals surface area contributed by atoms with Crippen LogP contribution in [0, 0.1) is 0 Å². The normalized spacial score (nSPS) is 10.2. The van der Waals surface area contributed by atoms with E-state index in [9.17, 15) is 9.18 Å². The Labute approximate surface area is 113 Å². The minimum Gasteiger partial charge on any atom is -0.471 e. The molecule has 0 bridgehead atoms. The summed E-state index contributed by atoms with van der Waals surface area (Å²) in [6.07, 6.45) is 1.27. The highest BCUT2D eigenvalue weighted by Gasteiger charge is 2.15. The van der Waals surface area contributed by atoms with Crippen LogP contribution in [-0.2, 0) is 6.61 Å². The molecule has 1 amide bonds. The largest absolute Gasteiger partial charge is 0.471 e. The van der Waals surface area contributed by atoms with Crippen molar-refractivity contribution in [2.24, 2.45) is 5.73 Å². The number of primary amides is 1. The molecule has 0 saturated heterocycles. The molecule has 1 aromatic heterocycles. The number of carbonyl (C=O) groups excluding carboxylic acids is 1. The number of hydrogen-bond donors (Lipinski definition) is 2. The van der Waals surface area contributed by atoms with Gasteiger partial charge in [0.2, 0.25) is 18.6 Å². The number of amides is 1. The second-order valence-electron chi connectivity index (χ2n) is 3.76. The molecule has 8 heteroatoms. The van der Waals surface area contributed by atoms with Crippen LogP contribution in [0.25, 0.3) is 0 Å². The number of alkyl halides is 1. The van der Waals surface area contributed by atoms with Gasteiger partial charge in [0.15, 0.2) is 0 Å². The molecular weight excluding hydrogens is 269 g/mol. The van der Waals surface area contributed by atoms with Gasteiger partial charge in [0.25, 0.3) is 0 Å². The molecule has 2 aromatic rings. The lowest BCUT2D eigenvalue weighted by molar-refractivity contribution is 0.0995. The quantitative estimate of drug-likeness (QED) is 0.772. The summed E-state index contributed by atoms with van der Waals surface area (Å²) in [5, 5.41) is 12.6. The van der Waals surface area contributed by atoms with Gasteiger partial charge in [0.1, 0.15) is 12.4 Å². The van der Waals surface area contributed by atoms with Crippen LogP contribution in [0.5, 0.6) is 11.6 Å². The monoisotopic (exact) mass is 281 g/mol. The molecule has 1 heterocycles. The van der Waals surface area contributed by atoms with Crippen LogP contribution in [0.2, 0.25) is 0 Å². The van der Waals surface area contributed by atoms with Gasteiger partial charge < -0.3 is 20.4 Å². The molecule has 0 aliphatic rings. The van der Waals surface area contributed by atoms with Crippen LogP contribution in [0.1, 0.15) is 15.9 Å². The van der Waals surface area contributed by atoms with Crippen molar-refractivity contribution in [3.63, 3.8) is 0 Å². The Hall–Kier alpha value is -2.77. The van der Waals surface area contributed by atoms with Crippen molar-refractivity contribution >= 4 is 5.91 Å². The molecule has 7 nitrogen and oxygen atoms in total. The molecule has 1 aromatic carbocycles. The summed E-state index contributed by atoms with van der Waals surface area (Å²) in [4.78, 5) is 11.9. The Morgan fingerprint density at radius 1 is 1.40 bits per heavy atom. The van der Waals surface area contributed by atoms with Gasteiger partial charge >= 0.3 is 0 Å². The van der Waals surface area contributed by atoms with Crippen molar-refractivity contribution in [1.82, 2.24) is 9.94 Å². The topological polar surface area (TPSA) is 99.6 Å². The van der Waals surface area contributed by atoms with Crippen molar-refractivity contribution in [3.05, 3.63) is 41.6 Å². The number of aromatic nitrogens is 2. The first-order valence-electron chi connectivity index (χ1n) is 5.60. The molecule has 20 heavy (non-hydrogen) atoms. The maximum atomic E-state index is 12.3. The molecule has 0 radical (unpaired) electrons. The zero-order valence-electron chi connectivity index (χ0n) is 10.3. The van der Waals surface area contributed by atoms with Gasteiger partial charge in [-0.15, -0.1) is 4.85 Å². The third-order valence-electron chi connectivity index (χ3n) is 2.52. The van der Waals surface area contributed by atoms with Crippen molar-refractivity contribution in [2.75, 3.05) is 6.86 Å². The summed E-state index contributed by atoms with van der Waals surface area (Å²) >= 11 is 0. The average molecular weight is 281 g/mol. The van der Waals surface area contributed by atoms with Gasteiger partial charge in [-0.25, -0.2) is 4.39 Å². The third-order valence-corrected chi connectivity index (χ3v) is 2.52.